The van der Waals surface area contributed by atoms with E-state index in [1.165, 1.54) is 29.7 Å². The van der Waals surface area contributed by atoms with Gasteiger partial charge >= 0.3 is 6.18 Å². The van der Waals surface area contributed by atoms with Crippen LogP contribution < -0.4 is 19.7 Å². The third kappa shape index (κ3) is 8.51. The van der Waals surface area contributed by atoms with E-state index in [0.29, 0.717) is 25.9 Å². The molecule has 3 N–H and O–H groups in total. The fraction of sp³-hybridized carbons (Fsp3) is 0.368. The van der Waals surface area contributed by atoms with Crippen LogP contribution in [0.3, 0.4) is 0 Å². The average Bonchev–Trinajstić information content (AvgIpc) is 3.87. The van der Waals surface area contributed by atoms with Crippen LogP contribution >= 0.6 is 0 Å². The van der Waals surface area contributed by atoms with Gasteiger partial charge in [-0.3, -0.25) is 19.3 Å². The number of nitrogens with zero attached hydrogens (tertiary/aromatic N) is 3. The second-order valence-electron chi connectivity index (χ2n) is 13.3. The summed E-state index contributed by atoms with van der Waals surface area (Å²) in [5.41, 5.74) is 8.09. The van der Waals surface area contributed by atoms with Crippen molar-refractivity contribution in [3.63, 3.8) is 0 Å². The summed E-state index contributed by atoms with van der Waals surface area (Å²) in [5.74, 6) is 1.27. The van der Waals surface area contributed by atoms with E-state index < -0.39 is 21.9 Å². The van der Waals surface area contributed by atoms with Crippen LogP contribution in [0.5, 0.6) is 11.6 Å². The number of rotatable bonds is 10. The summed E-state index contributed by atoms with van der Waals surface area (Å²) in [5, 5.41) is 7.25. The third-order valence-electron chi connectivity index (χ3n) is 9.31. The number of aromatic nitrogens is 4. The Bertz CT molecular complexity index is 2210. The van der Waals surface area contributed by atoms with Crippen LogP contribution in [-0.4, -0.2) is 40.6 Å². The van der Waals surface area contributed by atoms with Crippen molar-refractivity contribution in [1.29, 1.82) is 0 Å². The third-order valence-corrected chi connectivity index (χ3v) is 10.6. The molecule has 0 saturated heterocycles. The highest BCUT2D eigenvalue weighted by Gasteiger charge is 2.30. The van der Waals surface area contributed by atoms with Crippen molar-refractivity contribution in [2.75, 3.05) is 6.54 Å². The van der Waals surface area contributed by atoms with Gasteiger partial charge in [0.05, 0.1) is 17.0 Å². The summed E-state index contributed by atoms with van der Waals surface area (Å²) in [7, 11) is -3.54. The molecule has 14 heteroatoms. The molecule has 0 aliphatic heterocycles. The number of H-pyrrole nitrogens is 1. The van der Waals surface area contributed by atoms with Gasteiger partial charge in [-0.25, -0.2) is 4.72 Å². The molecular formula is C38H43F3N6O4S. The Morgan fingerprint density at radius 2 is 1.44 bits per heavy atom. The van der Waals surface area contributed by atoms with Crippen molar-refractivity contribution in [2.24, 2.45) is 5.92 Å². The van der Waals surface area contributed by atoms with Gasteiger partial charge in [-0.05, 0) is 104 Å². The molecule has 2 heterocycles. The van der Waals surface area contributed by atoms with E-state index in [0.717, 1.165) is 64.7 Å². The Balaban J connectivity index is 0.000000215. The Kier molecular flexibility index (Phi) is 10.8. The maximum atomic E-state index is 12.8. The molecule has 0 fully saturated rings. The van der Waals surface area contributed by atoms with E-state index in [2.05, 4.69) is 44.8 Å². The van der Waals surface area contributed by atoms with Crippen molar-refractivity contribution in [3.8, 4) is 34.1 Å². The number of hydrogen-bond donors (Lipinski definition) is 3. The maximum Gasteiger partial charge on any atom is 0.416 e. The van der Waals surface area contributed by atoms with E-state index in [9.17, 15) is 26.4 Å². The van der Waals surface area contributed by atoms with Gasteiger partial charge in [-0.2, -0.15) is 26.3 Å². The van der Waals surface area contributed by atoms with Crippen LogP contribution in [-0.2, 0) is 55.2 Å². The lowest BCUT2D eigenvalue weighted by Crippen LogP contribution is -2.43. The molecule has 0 radical (unpaired) electrons. The quantitative estimate of drug-likeness (QED) is 0.144. The predicted molar refractivity (Wildman–Crippen MR) is 195 cm³/mol. The number of hydrogen-bond acceptors (Lipinski definition) is 5. The second kappa shape index (κ2) is 15.1. The summed E-state index contributed by atoms with van der Waals surface area (Å²) in [4.78, 5) is 11.5. The lowest BCUT2D eigenvalue weighted by Gasteiger charge is -2.12. The predicted octanol–water partition coefficient (Wildman–Crippen LogP) is 6.89. The van der Waals surface area contributed by atoms with Gasteiger partial charge in [-0.1, -0.05) is 38.1 Å². The molecule has 52 heavy (non-hydrogen) atoms. The number of nitrogens with one attached hydrogen (secondary N) is 3. The Labute approximate surface area is 301 Å². The highest BCUT2D eigenvalue weighted by atomic mass is 32.2. The highest BCUT2D eigenvalue weighted by molar-refractivity contribution is 7.87. The summed E-state index contributed by atoms with van der Waals surface area (Å²) < 4.78 is 76.9. The Morgan fingerprint density at radius 3 is 2.08 bits per heavy atom. The molecule has 3 aromatic carbocycles. The van der Waals surface area contributed by atoms with Crippen LogP contribution in [0.1, 0.15) is 55.5 Å². The smallest absolute Gasteiger partial charge is 0.416 e. The first-order chi connectivity index (χ1) is 24.7. The first kappa shape index (κ1) is 37.1. The number of aryl methyl sites for hydroxylation is 2. The number of ether oxygens (including phenoxy) is 1. The molecule has 0 spiro atoms. The number of halogens is 3. The largest absolute Gasteiger partial charge is 0.438 e. The molecule has 2 unspecified atom stereocenters. The fourth-order valence-electron chi connectivity index (χ4n) is 6.97. The average molecular weight is 737 g/mol. The molecule has 2 aromatic heterocycles. The molecule has 2 aliphatic carbocycles. The molecule has 276 valence electrons. The lowest BCUT2D eigenvalue weighted by atomic mass is 10.0. The minimum absolute atomic E-state index is 0.0271. The van der Waals surface area contributed by atoms with Crippen LogP contribution in [0.25, 0.3) is 22.5 Å². The molecule has 2 aliphatic rings. The van der Waals surface area contributed by atoms with Crippen LogP contribution in [0.15, 0.2) is 77.6 Å². The molecule has 0 bridgehead atoms. The van der Waals surface area contributed by atoms with Crippen LogP contribution in [0.4, 0.5) is 13.2 Å². The van der Waals surface area contributed by atoms with E-state index in [1.807, 2.05) is 36.7 Å². The lowest BCUT2D eigenvalue weighted by molar-refractivity contribution is -0.137. The molecule has 10 nitrogen and oxygen atoms in total. The first-order valence-electron chi connectivity index (χ1n) is 17.5. The SMILES string of the molecule is CCNS(=O)(=O)NC1Cc2ccc(-c3cc(Oc4ccc(C(F)(F)F)cc4)nn3CC)cc2C1.CCn1[nH]c(=O)cc1-c1ccc2c(c1)CC(C)C2. The molecule has 0 amide bonds. The summed E-state index contributed by atoms with van der Waals surface area (Å²) in [6, 6.07) is 20.2. The van der Waals surface area contributed by atoms with E-state index in [4.69, 9.17) is 4.74 Å². The fourth-order valence-corrected chi connectivity index (χ4v) is 8.04. The van der Waals surface area contributed by atoms with Crippen LogP contribution in [0, 0.1) is 5.92 Å². The molecule has 5 aromatic rings. The summed E-state index contributed by atoms with van der Waals surface area (Å²) >= 11 is 0. The number of alkyl halides is 3. The van der Waals surface area contributed by atoms with Crippen molar-refractivity contribution in [3.05, 3.63) is 111 Å². The number of fused-ring (bicyclic) bond motifs is 2. The van der Waals surface area contributed by atoms with Crippen molar-refractivity contribution < 1.29 is 26.3 Å². The Hall–Kier alpha value is -4.66. The first-order valence-corrected chi connectivity index (χ1v) is 19.0. The van der Waals surface area contributed by atoms with Crippen molar-refractivity contribution in [2.45, 2.75) is 78.7 Å². The topological polar surface area (TPSA) is 123 Å². The van der Waals surface area contributed by atoms with Gasteiger partial charge in [0.2, 0.25) is 5.88 Å². The normalized spacial score (nSPS) is 16.7. The Morgan fingerprint density at radius 1 is 0.827 bits per heavy atom. The van der Waals surface area contributed by atoms with Crippen molar-refractivity contribution in [1.82, 2.24) is 29.0 Å². The molecular weight excluding hydrogens is 694 g/mol. The van der Waals surface area contributed by atoms with Crippen molar-refractivity contribution >= 4 is 10.2 Å². The zero-order chi connectivity index (χ0) is 37.2. The minimum Gasteiger partial charge on any atom is -0.438 e. The zero-order valence-corrected chi connectivity index (χ0v) is 30.4. The minimum atomic E-state index is -4.41. The molecule has 0 saturated carbocycles. The van der Waals surface area contributed by atoms with E-state index in [-0.39, 0.29) is 23.2 Å². The summed E-state index contributed by atoms with van der Waals surface area (Å²) in [6.07, 6.45) is -0.889. The second-order valence-corrected chi connectivity index (χ2v) is 14.8. The maximum absolute atomic E-state index is 12.8. The molecule has 2 atom stereocenters. The zero-order valence-electron chi connectivity index (χ0n) is 29.5. The van der Waals surface area contributed by atoms with Gasteiger partial charge < -0.3 is 4.74 Å². The molecule has 7 rings (SSSR count). The van der Waals surface area contributed by atoms with E-state index >= 15 is 0 Å². The van der Waals surface area contributed by atoms with Gasteiger partial charge in [0.25, 0.3) is 15.8 Å². The van der Waals surface area contributed by atoms with Gasteiger partial charge in [0, 0.05) is 48.9 Å². The summed E-state index contributed by atoms with van der Waals surface area (Å²) in [6.45, 7) is 9.64. The monoisotopic (exact) mass is 736 g/mol. The van der Waals surface area contributed by atoms with Gasteiger partial charge in [0.1, 0.15) is 5.75 Å². The standard InChI is InChI=1S/C23H25F3N4O3S.C15H18N2O/c1-3-27-34(31,32)29-19-12-15-5-6-16(11-17(15)13-19)21-14-22(28-30(21)4-2)33-20-9-7-18(8-10-20)23(24,25)26;1-3-17-14(9-15(18)16-17)12-5-4-11-6-10(2)7-13(11)8-12/h5-11,14,19,27,29H,3-4,12-13H2,1-2H3;4-5,8-10H,3,6-7H2,1-2H3,(H,16,18). The van der Waals surface area contributed by atoms with Gasteiger partial charge in [-0.15, -0.1) is 5.10 Å². The highest BCUT2D eigenvalue weighted by Crippen LogP contribution is 2.34. The van der Waals surface area contributed by atoms with Crippen LogP contribution in [0.2, 0.25) is 0 Å². The van der Waals surface area contributed by atoms with E-state index in [1.54, 1.807) is 23.7 Å². The van der Waals surface area contributed by atoms with Gasteiger partial charge in [0.15, 0.2) is 0 Å². The number of aromatic amines is 1. The number of benzene rings is 3.